The van der Waals surface area contributed by atoms with Gasteiger partial charge in [-0.1, -0.05) is 0 Å². The number of pyridine rings is 1. The lowest BCUT2D eigenvalue weighted by Gasteiger charge is -2.27. The van der Waals surface area contributed by atoms with Gasteiger partial charge in [0.1, 0.15) is 10.2 Å². The Kier molecular flexibility index (Phi) is 5.88. The van der Waals surface area contributed by atoms with Crippen LogP contribution < -0.4 is 0 Å². The predicted octanol–water partition coefficient (Wildman–Crippen LogP) is 2.71. The summed E-state index contributed by atoms with van der Waals surface area (Å²) in [5.74, 6) is -0.529. The maximum absolute atomic E-state index is 13.9. The van der Waals surface area contributed by atoms with E-state index in [1.807, 2.05) is 0 Å². The van der Waals surface area contributed by atoms with Gasteiger partial charge >= 0.3 is 6.09 Å². The van der Waals surface area contributed by atoms with Gasteiger partial charge in [0.25, 0.3) is 0 Å². The second-order valence-electron chi connectivity index (χ2n) is 5.20. The molecule has 0 atom stereocenters. The van der Waals surface area contributed by atoms with Crippen molar-refractivity contribution in [2.45, 2.75) is 32.9 Å². The quantitative estimate of drug-likeness (QED) is 0.849. The summed E-state index contributed by atoms with van der Waals surface area (Å²) < 4.78 is 19.2. The highest BCUT2D eigenvalue weighted by Gasteiger charge is 2.23. The first-order valence-corrected chi connectivity index (χ1v) is 6.91. The minimum atomic E-state index is -0.651. The van der Waals surface area contributed by atoms with Gasteiger partial charge in [-0.05, 0) is 42.8 Å². The molecule has 0 saturated heterocycles. The Morgan fingerprint density at radius 3 is 2.75 bits per heavy atom. The second-order valence-corrected chi connectivity index (χ2v) is 5.95. The van der Waals surface area contributed by atoms with Crippen molar-refractivity contribution in [2.75, 3.05) is 13.2 Å². The smallest absolute Gasteiger partial charge is 0.410 e. The molecule has 0 aliphatic rings. The fraction of sp³-hybridized carbons (Fsp3) is 0.538. The number of carbonyl (C=O) groups excluding carboxylic acids is 1. The fourth-order valence-corrected chi connectivity index (χ4v) is 1.84. The summed E-state index contributed by atoms with van der Waals surface area (Å²) in [6.07, 6.45) is 0.841. The first kappa shape index (κ1) is 16.8. The van der Waals surface area contributed by atoms with E-state index in [4.69, 9.17) is 9.84 Å². The molecule has 0 fully saturated rings. The number of aliphatic hydroxyl groups excluding tert-OH is 1. The average molecular weight is 349 g/mol. The van der Waals surface area contributed by atoms with Gasteiger partial charge in [-0.15, -0.1) is 0 Å². The molecule has 0 radical (unpaired) electrons. The van der Waals surface area contributed by atoms with Crippen molar-refractivity contribution < 1.29 is 19.0 Å². The number of aromatic nitrogens is 1. The van der Waals surface area contributed by atoms with Gasteiger partial charge < -0.3 is 14.7 Å². The Labute approximate surface area is 125 Å². The summed E-state index contributed by atoms with van der Waals surface area (Å²) in [5.41, 5.74) is -0.353. The zero-order valence-electron chi connectivity index (χ0n) is 11.7. The molecule has 0 aliphatic carbocycles. The molecule has 0 aliphatic heterocycles. The monoisotopic (exact) mass is 348 g/mol. The van der Waals surface area contributed by atoms with E-state index < -0.39 is 17.5 Å². The topological polar surface area (TPSA) is 62.7 Å². The Balaban J connectivity index is 2.87. The summed E-state index contributed by atoms with van der Waals surface area (Å²) in [6.45, 7) is 5.06. The Bertz CT molecular complexity index is 477. The van der Waals surface area contributed by atoms with Crippen molar-refractivity contribution in [3.8, 4) is 0 Å². The molecule has 1 N–H and O–H groups in total. The molecule has 5 nitrogen and oxygen atoms in total. The molecular formula is C13H18BrFN2O3. The van der Waals surface area contributed by atoms with Crippen LogP contribution in [0.4, 0.5) is 9.18 Å². The number of hydrogen-bond acceptors (Lipinski definition) is 4. The third-order valence-corrected chi connectivity index (χ3v) is 2.86. The van der Waals surface area contributed by atoms with Crippen LogP contribution in [0, 0.1) is 5.82 Å². The number of aliphatic hydroxyl groups is 1. The fourth-order valence-electron chi connectivity index (χ4n) is 1.46. The molecule has 1 rings (SSSR count). The molecular weight excluding hydrogens is 331 g/mol. The number of ether oxygens (including phenoxy) is 1. The maximum atomic E-state index is 13.9. The zero-order chi connectivity index (χ0) is 15.3. The molecule has 1 aromatic heterocycles. The predicted molar refractivity (Wildman–Crippen MR) is 75.6 cm³/mol. The molecule has 0 spiro atoms. The Morgan fingerprint density at radius 1 is 1.55 bits per heavy atom. The Hall–Kier alpha value is -1.21. The van der Waals surface area contributed by atoms with Crippen LogP contribution >= 0.6 is 15.9 Å². The number of amides is 1. The van der Waals surface area contributed by atoms with Gasteiger partial charge in [0.05, 0.1) is 13.2 Å². The maximum Gasteiger partial charge on any atom is 0.410 e. The average Bonchev–Trinajstić information content (AvgIpc) is 2.32. The largest absolute Gasteiger partial charge is 0.444 e. The summed E-state index contributed by atoms with van der Waals surface area (Å²) in [4.78, 5) is 17.0. The lowest BCUT2D eigenvalue weighted by Crippen LogP contribution is -2.38. The molecule has 1 amide bonds. The molecule has 0 unspecified atom stereocenters. The minimum Gasteiger partial charge on any atom is -0.444 e. The van der Waals surface area contributed by atoms with Crippen LogP contribution in [-0.2, 0) is 11.3 Å². The minimum absolute atomic E-state index is 0.00241. The third-order valence-electron chi connectivity index (χ3n) is 2.31. The van der Waals surface area contributed by atoms with E-state index >= 15 is 0 Å². The van der Waals surface area contributed by atoms with Crippen molar-refractivity contribution in [3.05, 3.63) is 28.2 Å². The van der Waals surface area contributed by atoms with Crippen molar-refractivity contribution in [1.29, 1.82) is 0 Å². The van der Waals surface area contributed by atoms with Crippen molar-refractivity contribution >= 4 is 22.0 Å². The highest BCUT2D eigenvalue weighted by molar-refractivity contribution is 9.10. The SMILES string of the molecule is CC(C)(C)OC(=O)N(CCO)Cc1ccnc(Br)c1F. The lowest BCUT2D eigenvalue weighted by molar-refractivity contribution is 0.0200. The summed E-state index contributed by atoms with van der Waals surface area (Å²) >= 11 is 2.99. The second kappa shape index (κ2) is 6.99. The van der Waals surface area contributed by atoms with Crippen LogP contribution in [-0.4, -0.2) is 39.8 Å². The van der Waals surface area contributed by atoms with E-state index in [-0.39, 0.29) is 24.3 Å². The van der Waals surface area contributed by atoms with Crippen LogP contribution in [0.15, 0.2) is 16.9 Å². The van der Waals surface area contributed by atoms with Gasteiger partial charge in [-0.3, -0.25) is 0 Å². The normalized spacial score (nSPS) is 11.3. The van der Waals surface area contributed by atoms with E-state index in [9.17, 15) is 9.18 Å². The van der Waals surface area contributed by atoms with Crippen LogP contribution in [0.2, 0.25) is 0 Å². The first-order valence-electron chi connectivity index (χ1n) is 6.12. The standard InChI is InChI=1S/C13H18BrFN2O3/c1-13(2,3)20-12(19)17(6-7-18)8-9-4-5-16-11(14)10(9)15/h4-5,18H,6-8H2,1-3H3. The van der Waals surface area contributed by atoms with Gasteiger partial charge in [-0.25, -0.2) is 14.2 Å². The third kappa shape index (κ3) is 5.05. The van der Waals surface area contributed by atoms with Crippen molar-refractivity contribution in [3.63, 3.8) is 0 Å². The summed E-state index contributed by atoms with van der Waals surface area (Å²) in [6, 6.07) is 1.48. The lowest BCUT2D eigenvalue weighted by atomic mass is 10.2. The Morgan fingerprint density at radius 2 is 2.20 bits per heavy atom. The number of halogens is 2. The molecule has 1 heterocycles. The van der Waals surface area contributed by atoms with Gasteiger partial charge in [0.2, 0.25) is 0 Å². The van der Waals surface area contributed by atoms with Gasteiger partial charge in [-0.2, -0.15) is 0 Å². The summed E-state index contributed by atoms with van der Waals surface area (Å²) in [7, 11) is 0. The molecule has 112 valence electrons. The number of carbonyl (C=O) groups is 1. The molecule has 20 heavy (non-hydrogen) atoms. The molecule has 0 saturated carbocycles. The summed E-state index contributed by atoms with van der Waals surface area (Å²) in [5, 5.41) is 9.02. The molecule has 7 heteroatoms. The highest BCUT2D eigenvalue weighted by Crippen LogP contribution is 2.18. The van der Waals surface area contributed by atoms with Crippen LogP contribution in [0.5, 0.6) is 0 Å². The zero-order valence-corrected chi connectivity index (χ0v) is 13.3. The van der Waals surface area contributed by atoms with E-state index in [1.165, 1.54) is 17.2 Å². The van der Waals surface area contributed by atoms with E-state index in [1.54, 1.807) is 20.8 Å². The van der Waals surface area contributed by atoms with E-state index in [0.29, 0.717) is 5.56 Å². The van der Waals surface area contributed by atoms with Crippen molar-refractivity contribution in [1.82, 2.24) is 9.88 Å². The highest BCUT2D eigenvalue weighted by atomic mass is 79.9. The molecule has 0 aromatic carbocycles. The number of nitrogens with zero attached hydrogens (tertiary/aromatic N) is 2. The van der Waals surface area contributed by atoms with Gasteiger partial charge in [0.15, 0.2) is 5.82 Å². The van der Waals surface area contributed by atoms with E-state index in [2.05, 4.69) is 20.9 Å². The number of hydrogen-bond donors (Lipinski definition) is 1. The van der Waals surface area contributed by atoms with Crippen LogP contribution in [0.3, 0.4) is 0 Å². The number of rotatable bonds is 4. The molecule has 0 bridgehead atoms. The van der Waals surface area contributed by atoms with E-state index in [0.717, 1.165) is 0 Å². The van der Waals surface area contributed by atoms with Crippen LogP contribution in [0.25, 0.3) is 0 Å². The van der Waals surface area contributed by atoms with Gasteiger partial charge in [0, 0.05) is 18.3 Å². The molecule has 1 aromatic rings. The first-order chi connectivity index (χ1) is 9.24. The van der Waals surface area contributed by atoms with Crippen molar-refractivity contribution in [2.24, 2.45) is 0 Å². The van der Waals surface area contributed by atoms with Crippen LogP contribution in [0.1, 0.15) is 26.3 Å².